The van der Waals surface area contributed by atoms with Crippen LogP contribution in [-0.4, -0.2) is 51.2 Å². The van der Waals surface area contributed by atoms with Crippen LogP contribution in [0.2, 0.25) is 0 Å². The molecule has 0 aliphatic rings. The van der Waals surface area contributed by atoms with Crippen molar-refractivity contribution in [3.8, 4) is 0 Å². The molecular weight excluding hydrogens is 895 g/mol. The summed E-state index contributed by atoms with van der Waals surface area (Å²) in [5, 5.41) is 0. The van der Waals surface area contributed by atoms with Crippen LogP contribution in [0.5, 0.6) is 0 Å². The van der Waals surface area contributed by atoms with Crippen molar-refractivity contribution in [3.05, 3.63) is 0 Å². The maximum Gasteiger partial charge on any atom is 0 e. The van der Waals surface area contributed by atoms with Crippen LogP contribution < -0.4 is 0 Å². The van der Waals surface area contributed by atoms with Gasteiger partial charge in [0.05, 0.1) is 0 Å². The normalized spacial score (nSPS) is 0. The van der Waals surface area contributed by atoms with E-state index in [-0.39, 0.29) is 157 Å². The summed E-state index contributed by atoms with van der Waals surface area (Å²) in [5.74, 6) is 0. The van der Waals surface area contributed by atoms with E-state index in [0.29, 0.717) is 0 Å². The van der Waals surface area contributed by atoms with Crippen LogP contribution in [0.15, 0.2) is 0 Å². The fraction of sp³-hybridized carbons (Fsp3) is 0. The summed E-state index contributed by atoms with van der Waals surface area (Å²) in [4.78, 5) is 0. The minimum atomic E-state index is 0. The van der Waals surface area contributed by atoms with Gasteiger partial charge in [-0.1, -0.05) is 0 Å². The molecule has 0 amide bonds. The molecule has 0 saturated carbocycles. The van der Waals surface area contributed by atoms with E-state index in [9.17, 15) is 0 Å². The van der Waals surface area contributed by atoms with Crippen molar-refractivity contribution in [3.63, 3.8) is 0 Å². The van der Waals surface area contributed by atoms with Gasteiger partial charge >= 0.3 is 23.9 Å². The third kappa shape index (κ3) is 35.1. The van der Waals surface area contributed by atoms with Gasteiger partial charge in [0.25, 0.3) is 0 Å². The molecule has 0 rings (SSSR count). The van der Waals surface area contributed by atoms with Crippen LogP contribution in [-0.2, 0) is 106 Å². The molecule has 0 N–H and O–H groups in total. The first-order valence-electron chi connectivity index (χ1n) is 0. The molecule has 0 nitrogen and oxygen atoms in total. The minimum absolute atomic E-state index is 0. The summed E-state index contributed by atoms with van der Waals surface area (Å²) in [5.41, 5.74) is 0. The maximum absolute atomic E-state index is 0. The second-order valence-corrected chi connectivity index (χ2v) is 0. The molecule has 0 bridgehead atoms. The van der Waals surface area contributed by atoms with E-state index in [2.05, 4.69) is 0 Å². The Kier molecular flexibility index (Phi) is 349. The molecule has 0 aliphatic heterocycles. The maximum atomic E-state index is 0. The summed E-state index contributed by atoms with van der Waals surface area (Å²) in [6, 6.07) is 0. The summed E-state index contributed by atoms with van der Waals surface area (Å²) < 4.78 is 0. The van der Waals surface area contributed by atoms with Gasteiger partial charge in [-0.3, -0.25) is 0 Å². The largest absolute Gasteiger partial charge is 0 e. The molecule has 0 aromatic carbocycles. The molecule has 0 fully saturated rings. The molecule has 0 heterocycles. The van der Waals surface area contributed by atoms with Crippen molar-refractivity contribution in [2.45, 2.75) is 0 Å². The SMILES string of the molecule is [Ag].[SnH4].[Ta].[Ti].[Tl].[V].[W]. The van der Waals surface area contributed by atoms with Gasteiger partial charge in [0.1, 0.15) is 0 Å². The number of rotatable bonds is 0. The Hall–Kier alpha value is 5.19. The quantitative estimate of drug-likeness (QED) is 0.251. The Labute approximate surface area is 153 Å². The first-order valence-corrected chi connectivity index (χ1v) is 0. The molecule has 7 heteroatoms. The molecule has 0 aromatic heterocycles. The van der Waals surface area contributed by atoms with Gasteiger partial charge in [0.2, 0.25) is 0 Å². The van der Waals surface area contributed by atoms with E-state index >= 15 is 0 Å². The van der Waals surface area contributed by atoms with E-state index < -0.39 is 0 Å². The predicted octanol–water partition coefficient (Wildman–Crippen LogP) is -1.84. The third-order valence-electron chi connectivity index (χ3n) is 0. The zero-order valence-electron chi connectivity index (χ0n) is 2.68. The Morgan fingerprint density at radius 2 is 1.00 bits per heavy atom. The van der Waals surface area contributed by atoms with Crippen LogP contribution in [0, 0.1) is 0 Å². The predicted molar refractivity (Wildman–Crippen MR) is 17.1 cm³/mol. The molecule has 7 heavy (non-hydrogen) atoms. The van der Waals surface area contributed by atoms with Gasteiger partial charge < -0.3 is 0 Å². The van der Waals surface area contributed by atoms with Gasteiger partial charge in [0, 0.05) is 133 Å². The molecule has 0 aromatic rings. The number of hydrogen-bond acceptors (Lipinski definition) is 0. The van der Waals surface area contributed by atoms with Gasteiger partial charge in [-0.05, 0) is 0 Å². The van der Waals surface area contributed by atoms with Gasteiger partial charge in [-0.25, -0.2) is 0 Å². The summed E-state index contributed by atoms with van der Waals surface area (Å²) >= 11 is 0. The van der Waals surface area contributed by atoms with E-state index in [0.717, 1.165) is 0 Å². The van der Waals surface area contributed by atoms with Gasteiger partial charge in [-0.2, -0.15) is 0 Å². The second-order valence-electron chi connectivity index (χ2n) is 0. The van der Waals surface area contributed by atoms with Gasteiger partial charge in [0.15, 0.2) is 0 Å². The van der Waals surface area contributed by atoms with Crippen LogP contribution in [0.1, 0.15) is 0 Å². The summed E-state index contributed by atoms with van der Waals surface area (Å²) in [6.07, 6.45) is 0. The Bertz CT molecular complexity index is 19.7. The van der Waals surface area contributed by atoms with Crippen molar-refractivity contribution in [2.75, 3.05) is 0 Å². The summed E-state index contributed by atoms with van der Waals surface area (Å²) in [7, 11) is 0. The van der Waals surface area contributed by atoms with Crippen molar-refractivity contribution in [1.82, 2.24) is 0 Å². The second kappa shape index (κ2) is 43.1. The molecule has 0 unspecified atom stereocenters. The van der Waals surface area contributed by atoms with Crippen LogP contribution in [0.4, 0.5) is 0 Å². The minimum Gasteiger partial charge on any atom is 0 e. The monoisotopic (exact) mass is 900 g/mol. The molecule has 0 saturated heterocycles. The van der Waals surface area contributed by atoms with E-state index in [1.54, 1.807) is 0 Å². The van der Waals surface area contributed by atoms with Crippen LogP contribution >= 0.6 is 0 Å². The zero-order valence-corrected chi connectivity index (χ0v) is 17.8. The molecule has 4 radical (unpaired) electrons. The van der Waals surface area contributed by atoms with Crippen molar-refractivity contribution < 1.29 is 106 Å². The van der Waals surface area contributed by atoms with E-state index in [4.69, 9.17) is 0 Å². The van der Waals surface area contributed by atoms with E-state index in [1.165, 1.54) is 0 Å². The first kappa shape index (κ1) is 56.7. The summed E-state index contributed by atoms with van der Waals surface area (Å²) in [6.45, 7) is 0. The Balaban J connectivity index is 0. The Morgan fingerprint density at radius 1 is 1.00 bits per heavy atom. The first-order chi connectivity index (χ1) is 0. The smallest absolute Gasteiger partial charge is 0 e. The van der Waals surface area contributed by atoms with Crippen LogP contribution in [0.3, 0.4) is 0 Å². The molecule has 0 spiro atoms. The zero-order chi connectivity index (χ0) is 0. The average Bonchev–Trinajstić information content (AvgIpc) is 0. The Morgan fingerprint density at radius 3 is 1.00 bits per heavy atom. The molecular formula is H4AgSnTaTiTlVW. The fourth-order valence-electron chi connectivity index (χ4n) is 0. The van der Waals surface area contributed by atoms with Crippen molar-refractivity contribution in [2.24, 2.45) is 0 Å². The topological polar surface area (TPSA) is 0 Å². The van der Waals surface area contributed by atoms with Gasteiger partial charge in [-0.15, -0.1) is 0 Å². The molecule has 42 valence electrons. The standard InChI is InChI=1S/Ag.Sn.Ta.Ti.Tl.V.W.4H. The molecule has 0 aliphatic carbocycles. The average molecular weight is 899 g/mol. The van der Waals surface area contributed by atoms with Crippen LogP contribution in [0.25, 0.3) is 0 Å². The van der Waals surface area contributed by atoms with Crippen molar-refractivity contribution in [1.29, 1.82) is 0 Å². The van der Waals surface area contributed by atoms with Crippen molar-refractivity contribution >= 4 is 51.2 Å². The third-order valence-corrected chi connectivity index (χ3v) is 0. The van der Waals surface area contributed by atoms with E-state index in [1.807, 2.05) is 0 Å². The number of hydrogen-bond donors (Lipinski definition) is 0. The fourth-order valence-corrected chi connectivity index (χ4v) is 0. The molecule has 0 atom stereocenters.